The molecule has 0 amide bonds. The molecule has 6 nitrogen and oxygen atoms in total. The van der Waals surface area contributed by atoms with Gasteiger partial charge in [-0.15, -0.1) is 0 Å². The van der Waals surface area contributed by atoms with Crippen LogP contribution in [-0.4, -0.2) is 37.2 Å². The highest BCUT2D eigenvalue weighted by Gasteiger charge is 2.19. The lowest BCUT2D eigenvalue weighted by atomic mass is 10.0. The molecule has 0 aliphatic heterocycles. The van der Waals surface area contributed by atoms with E-state index in [1.165, 1.54) is 257 Å². The molecular weight excluding hydrogens is 961 g/mol. The first kappa shape index (κ1) is 75.4. The smallest absolute Gasteiger partial charge is 0.306 e. The minimum Gasteiger partial charge on any atom is -0.462 e. The van der Waals surface area contributed by atoms with E-state index in [0.717, 1.165) is 77.0 Å². The second kappa shape index (κ2) is 66.9. The Hall–Kier alpha value is -2.63. The van der Waals surface area contributed by atoms with Gasteiger partial charge in [-0.3, -0.25) is 14.4 Å². The van der Waals surface area contributed by atoms with Crippen LogP contribution in [0.1, 0.15) is 374 Å². The van der Waals surface area contributed by atoms with E-state index < -0.39 is 6.10 Å². The van der Waals surface area contributed by atoms with Gasteiger partial charge in [-0.1, -0.05) is 320 Å². The highest BCUT2D eigenvalue weighted by molar-refractivity contribution is 5.71. The Balaban J connectivity index is 4.22. The summed E-state index contributed by atoms with van der Waals surface area (Å²) in [5, 5.41) is 0. The molecule has 0 fully saturated rings. The quantitative estimate of drug-likeness (QED) is 0.0261. The first-order valence-corrected chi connectivity index (χ1v) is 34.6. The van der Waals surface area contributed by atoms with Gasteiger partial charge in [-0.05, 0) is 83.5 Å². The summed E-state index contributed by atoms with van der Waals surface area (Å²) < 4.78 is 17.0. The molecule has 0 saturated heterocycles. The molecule has 0 saturated carbocycles. The van der Waals surface area contributed by atoms with Crippen molar-refractivity contribution in [2.45, 2.75) is 380 Å². The molecule has 0 aliphatic rings. The van der Waals surface area contributed by atoms with Crippen molar-refractivity contribution in [1.29, 1.82) is 0 Å². The Morgan fingerprint density at radius 3 is 0.731 bits per heavy atom. The van der Waals surface area contributed by atoms with Gasteiger partial charge >= 0.3 is 17.9 Å². The van der Waals surface area contributed by atoms with Gasteiger partial charge in [0.1, 0.15) is 13.2 Å². The molecule has 1 unspecified atom stereocenters. The number of carbonyl (C=O) groups excluding carboxylic acids is 3. The van der Waals surface area contributed by atoms with Gasteiger partial charge in [0.05, 0.1) is 0 Å². The summed E-state index contributed by atoms with van der Waals surface area (Å²) in [5.74, 6) is -0.856. The lowest BCUT2D eigenvalue weighted by Gasteiger charge is -2.18. The van der Waals surface area contributed by atoms with Crippen LogP contribution in [0.3, 0.4) is 0 Å². The molecule has 0 bridgehead atoms. The largest absolute Gasteiger partial charge is 0.462 e. The average Bonchev–Trinajstić information content (AvgIpc) is 3.44. The predicted molar refractivity (Wildman–Crippen MR) is 339 cm³/mol. The predicted octanol–water partition coefficient (Wildman–Crippen LogP) is 23.7. The summed E-state index contributed by atoms with van der Waals surface area (Å²) in [6.07, 6.45) is 84.2. The van der Waals surface area contributed by atoms with Crippen LogP contribution in [0.15, 0.2) is 48.6 Å². The maximum Gasteiger partial charge on any atom is 0.306 e. The van der Waals surface area contributed by atoms with Crippen molar-refractivity contribution in [2.24, 2.45) is 0 Å². The maximum atomic E-state index is 12.9. The van der Waals surface area contributed by atoms with E-state index in [1.807, 2.05) is 0 Å². The molecule has 0 aromatic heterocycles. The zero-order valence-corrected chi connectivity index (χ0v) is 52.5. The lowest BCUT2D eigenvalue weighted by Crippen LogP contribution is -2.30. The van der Waals surface area contributed by atoms with Gasteiger partial charge in [0.15, 0.2) is 6.10 Å². The third-order valence-electron chi connectivity index (χ3n) is 15.6. The van der Waals surface area contributed by atoms with Crippen LogP contribution in [0.25, 0.3) is 0 Å². The minimum absolute atomic E-state index is 0.0715. The van der Waals surface area contributed by atoms with E-state index in [0.29, 0.717) is 19.3 Å². The van der Waals surface area contributed by atoms with Crippen molar-refractivity contribution >= 4 is 17.9 Å². The van der Waals surface area contributed by atoms with Crippen LogP contribution in [0, 0.1) is 0 Å². The molecule has 0 N–H and O–H groups in total. The highest BCUT2D eigenvalue weighted by Crippen LogP contribution is 2.18. The van der Waals surface area contributed by atoms with E-state index in [1.54, 1.807) is 0 Å². The van der Waals surface area contributed by atoms with Crippen LogP contribution in [0.5, 0.6) is 0 Å². The fourth-order valence-corrected chi connectivity index (χ4v) is 10.3. The van der Waals surface area contributed by atoms with Crippen molar-refractivity contribution in [1.82, 2.24) is 0 Å². The minimum atomic E-state index is -0.776. The normalized spacial score (nSPS) is 12.3. The monoisotopic (exact) mass is 1090 g/mol. The third kappa shape index (κ3) is 64.2. The molecule has 0 aliphatic carbocycles. The first-order valence-electron chi connectivity index (χ1n) is 34.6. The van der Waals surface area contributed by atoms with Crippen LogP contribution >= 0.6 is 0 Å². The molecule has 1 atom stereocenters. The summed E-state index contributed by atoms with van der Waals surface area (Å²) in [6.45, 7) is 6.68. The highest BCUT2D eigenvalue weighted by atomic mass is 16.6. The van der Waals surface area contributed by atoms with Gasteiger partial charge in [0, 0.05) is 19.3 Å². The average molecular weight is 1090 g/mol. The molecule has 0 aromatic rings. The van der Waals surface area contributed by atoms with E-state index in [4.69, 9.17) is 14.2 Å². The van der Waals surface area contributed by atoms with Crippen LogP contribution < -0.4 is 0 Å². The van der Waals surface area contributed by atoms with Crippen molar-refractivity contribution in [3.63, 3.8) is 0 Å². The van der Waals surface area contributed by atoms with E-state index >= 15 is 0 Å². The van der Waals surface area contributed by atoms with Crippen LogP contribution in [0.2, 0.25) is 0 Å². The summed E-state index contributed by atoms with van der Waals surface area (Å²) in [7, 11) is 0. The van der Waals surface area contributed by atoms with Gasteiger partial charge in [-0.2, -0.15) is 0 Å². The summed E-state index contributed by atoms with van der Waals surface area (Å²) in [5.41, 5.74) is 0. The number of hydrogen-bond donors (Lipinski definition) is 0. The number of carbonyl (C=O) groups is 3. The molecule has 0 radical (unpaired) electrons. The zero-order chi connectivity index (χ0) is 56.4. The standard InChI is InChI=1S/C72H132O6/c1-4-7-10-13-16-19-22-25-28-30-31-32-33-34-35-36-37-38-39-40-41-42-45-47-50-53-56-59-62-65-71(74)77-68-69(67-76-70(73)64-61-58-55-52-49-46-43-27-24-21-18-15-12-9-6-3)78-72(75)66-63-60-57-54-51-48-44-29-26-23-20-17-14-11-8-5-2/h22,25,29-31,33-34,44,69H,4-21,23-24,26-28,32,35-43,45-68H2,1-3H3/b25-22-,31-30-,34-33-,44-29-. The SMILES string of the molecule is CCCCCCC/C=C\C/C=C\C/C=C\CCCCCCCCCCCCCCCCC(=O)OCC(COC(=O)CCCCCCCCCCCCCCCCC)OC(=O)CCCCCCC/C=C\CCCCCCCCC. The fourth-order valence-electron chi connectivity index (χ4n) is 10.3. The van der Waals surface area contributed by atoms with Crippen LogP contribution in [-0.2, 0) is 28.6 Å². The second-order valence-electron chi connectivity index (χ2n) is 23.4. The van der Waals surface area contributed by atoms with Crippen molar-refractivity contribution < 1.29 is 28.6 Å². The molecule has 6 heteroatoms. The Morgan fingerprint density at radius 2 is 0.462 bits per heavy atom. The summed E-state index contributed by atoms with van der Waals surface area (Å²) >= 11 is 0. The molecule has 0 spiro atoms. The number of allylic oxidation sites excluding steroid dienone is 8. The van der Waals surface area contributed by atoms with Gasteiger partial charge in [-0.25, -0.2) is 0 Å². The number of hydrogen-bond acceptors (Lipinski definition) is 6. The van der Waals surface area contributed by atoms with Gasteiger partial charge in [0.2, 0.25) is 0 Å². The molecule has 0 rings (SSSR count). The van der Waals surface area contributed by atoms with E-state index in [9.17, 15) is 14.4 Å². The van der Waals surface area contributed by atoms with Crippen molar-refractivity contribution in [3.05, 3.63) is 48.6 Å². The summed E-state index contributed by atoms with van der Waals surface area (Å²) in [4.78, 5) is 38.4. The molecule has 78 heavy (non-hydrogen) atoms. The van der Waals surface area contributed by atoms with Gasteiger partial charge < -0.3 is 14.2 Å². The maximum absolute atomic E-state index is 12.9. The third-order valence-corrected chi connectivity index (χ3v) is 15.6. The fraction of sp³-hybridized carbons (Fsp3) is 0.847. The lowest BCUT2D eigenvalue weighted by molar-refractivity contribution is -0.167. The Kier molecular flexibility index (Phi) is 64.6. The number of ether oxygens (including phenoxy) is 3. The van der Waals surface area contributed by atoms with Gasteiger partial charge in [0.25, 0.3) is 0 Å². The molecule has 0 aromatic carbocycles. The van der Waals surface area contributed by atoms with Crippen molar-refractivity contribution in [3.8, 4) is 0 Å². The Labute approximate surface area is 486 Å². The topological polar surface area (TPSA) is 78.9 Å². The Bertz CT molecular complexity index is 1350. The number of esters is 3. The van der Waals surface area contributed by atoms with E-state index in [2.05, 4.69) is 69.4 Å². The summed E-state index contributed by atoms with van der Waals surface area (Å²) in [6, 6.07) is 0. The Morgan fingerprint density at radius 1 is 0.256 bits per heavy atom. The molecule has 0 heterocycles. The van der Waals surface area contributed by atoms with E-state index in [-0.39, 0.29) is 31.1 Å². The molecular formula is C72H132O6. The number of unbranched alkanes of at least 4 members (excludes halogenated alkanes) is 45. The van der Waals surface area contributed by atoms with Crippen molar-refractivity contribution in [2.75, 3.05) is 13.2 Å². The first-order chi connectivity index (χ1) is 38.5. The number of rotatable bonds is 64. The molecule has 456 valence electrons. The van der Waals surface area contributed by atoms with Crippen LogP contribution in [0.4, 0.5) is 0 Å². The zero-order valence-electron chi connectivity index (χ0n) is 52.5. The second-order valence-corrected chi connectivity index (χ2v) is 23.4.